The molecule has 124 valence electrons. The van der Waals surface area contributed by atoms with Crippen LogP contribution in [0.1, 0.15) is 30.5 Å². The smallest absolute Gasteiger partial charge is 0.315 e. The number of ether oxygens (including phenoxy) is 1. The first-order valence-corrected chi connectivity index (χ1v) is 8.30. The number of urea groups is 1. The maximum Gasteiger partial charge on any atom is 0.315 e. The lowest BCUT2D eigenvalue weighted by molar-refractivity contribution is 0.107. The fraction of sp³-hybridized carbons (Fsp3) is 0.500. The Labute approximate surface area is 136 Å². The molecule has 1 fully saturated rings. The number of rotatable bonds is 5. The van der Waals surface area contributed by atoms with Gasteiger partial charge in [0.2, 0.25) is 0 Å². The van der Waals surface area contributed by atoms with Gasteiger partial charge in [-0.1, -0.05) is 18.2 Å². The van der Waals surface area contributed by atoms with E-state index in [1.807, 2.05) is 12.1 Å². The number of aromatic nitrogens is 1. The third-order valence-electron chi connectivity index (χ3n) is 4.74. The van der Waals surface area contributed by atoms with Gasteiger partial charge >= 0.3 is 6.03 Å². The van der Waals surface area contributed by atoms with Crippen LogP contribution in [0.4, 0.5) is 4.79 Å². The zero-order valence-electron chi connectivity index (χ0n) is 13.8. The quantitative estimate of drug-likeness (QED) is 0.794. The molecule has 1 aromatic carbocycles. The number of aromatic amines is 1. The molecule has 2 aromatic rings. The maximum absolute atomic E-state index is 12.0. The van der Waals surface area contributed by atoms with Gasteiger partial charge in [0, 0.05) is 36.3 Å². The third kappa shape index (κ3) is 3.67. The lowest BCUT2D eigenvalue weighted by Crippen LogP contribution is -2.42. The van der Waals surface area contributed by atoms with Crippen LogP contribution in [0.2, 0.25) is 0 Å². The molecule has 3 N–H and O–H groups in total. The highest BCUT2D eigenvalue weighted by molar-refractivity contribution is 5.84. The summed E-state index contributed by atoms with van der Waals surface area (Å²) in [5.74, 6) is 0. The molecule has 0 aliphatic heterocycles. The van der Waals surface area contributed by atoms with E-state index in [9.17, 15) is 4.79 Å². The molecule has 1 aromatic heterocycles. The first-order valence-electron chi connectivity index (χ1n) is 8.30. The molecule has 2 atom stereocenters. The molecule has 1 saturated carbocycles. The van der Waals surface area contributed by atoms with E-state index >= 15 is 0 Å². The van der Waals surface area contributed by atoms with Gasteiger partial charge in [-0.25, -0.2) is 4.79 Å². The summed E-state index contributed by atoms with van der Waals surface area (Å²) in [6.45, 7) is 2.72. The Bertz CT molecular complexity index is 680. The standard InChI is InChI=1S/C18H25N3O2/c1-12-15(16-5-3-4-6-17(16)20-12)9-10-19-18(22)21-13-7-8-14(11-13)23-2/h3-6,13-14,20H,7-11H2,1-2H3,(H2,19,21,22)/t13-,14-/m1/s1. The molecule has 0 bridgehead atoms. The largest absolute Gasteiger partial charge is 0.381 e. The molecule has 0 saturated heterocycles. The van der Waals surface area contributed by atoms with E-state index in [-0.39, 0.29) is 18.2 Å². The first-order chi connectivity index (χ1) is 11.2. The lowest BCUT2D eigenvalue weighted by Gasteiger charge is -2.14. The van der Waals surface area contributed by atoms with Gasteiger partial charge in [0.25, 0.3) is 0 Å². The zero-order chi connectivity index (χ0) is 16.2. The number of hydrogen-bond donors (Lipinski definition) is 3. The van der Waals surface area contributed by atoms with Crippen LogP contribution in [0.25, 0.3) is 10.9 Å². The maximum atomic E-state index is 12.0. The van der Waals surface area contributed by atoms with Crippen LogP contribution in [0.15, 0.2) is 24.3 Å². The highest BCUT2D eigenvalue weighted by Crippen LogP contribution is 2.22. The average Bonchev–Trinajstić information content (AvgIpc) is 3.12. The fourth-order valence-electron chi connectivity index (χ4n) is 3.48. The van der Waals surface area contributed by atoms with Crippen LogP contribution in [-0.4, -0.2) is 36.8 Å². The molecule has 2 amide bonds. The van der Waals surface area contributed by atoms with Crippen molar-refractivity contribution in [1.29, 1.82) is 0 Å². The number of fused-ring (bicyclic) bond motifs is 1. The minimum absolute atomic E-state index is 0.0794. The Morgan fingerprint density at radius 3 is 2.96 bits per heavy atom. The van der Waals surface area contributed by atoms with Crippen LogP contribution < -0.4 is 10.6 Å². The molecule has 3 rings (SSSR count). The summed E-state index contributed by atoms with van der Waals surface area (Å²) in [5.41, 5.74) is 3.61. The summed E-state index contributed by atoms with van der Waals surface area (Å²) >= 11 is 0. The topological polar surface area (TPSA) is 66.2 Å². The predicted octanol–water partition coefficient (Wildman–Crippen LogP) is 2.89. The van der Waals surface area contributed by atoms with Crippen molar-refractivity contribution in [2.75, 3.05) is 13.7 Å². The van der Waals surface area contributed by atoms with E-state index in [0.29, 0.717) is 6.54 Å². The number of carbonyl (C=O) groups excluding carboxylic acids is 1. The molecule has 1 aliphatic rings. The molecule has 0 radical (unpaired) electrons. The monoisotopic (exact) mass is 315 g/mol. The number of para-hydroxylation sites is 1. The SMILES string of the molecule is CO[C@@H]1CC[C@@H](NC(=O)NCCc2c(C)[nH]c3ccccc23)C1. The van der Waals surface area contributed by atoms with Gasteiger partial charge in [-0.15, -0.1) is 0 Å². The van der Waals surface area contributed by atoms with Gasteiger partial charge in [-0.3, -0.25) is 0 Å². The molecule has 5 nitrogen and oxygen atoms in total. The summed E-state index contributed by atoms with van der Waals surface area (Å²) in [5, 5.41) is 7.25. The van der Waals surface area contributed by atoms with Gasteiger partial charge in [-0.05, 0) is 44.2 Å². The lowest BCUT2D eigenvalue weighted by atomic mass is 10.1. The number of H-pyrrole nitrogens is 1. The summed E-state index contributed by atoms with van der Waals surface area (Å²) < 4.78 is 5.33. The second kappa shape index (κ2) is 7.04. The van der Waals surface area contributed by atoms with Crippen LogP contribution in [0, 0.1) is 6.92 Å². The number of carbonyl (C=O) groups is 1. The second-order valence-corrected chi connectivity index (χ2v) is 6.29. The molecule has 0 unspecified atom stereocenters. The van der Waals surface area contributed by atoms with Crippen molar-refractivity contribution >= 4 is 16.9 Å². The highest BCUT2D eigenvalue weighted by Gasteiger charge is 2.25. The normalized spacial score (nSPS) is 20.8. The minimum atomic E-state index is -0.0794. The molecule has 1 aliphatic carbocycles. The number of aryl methyl sites for hydroxylation is 1. The average molecular weight is 315 g/mol. The Balaban J connectivity index is 1.49. The van der Waals surface area contributed by atoms with Crippen molar-refractivity contribution in [2.24, 2.45) is 0 Å². The van der Waals surface area contributed by atoms with E-state index in [1.165, 1.54) is 16.6 Å². The van der Waals surface area contributed by atoms with Crippen LogP contribution >= 0.6 is 0 Å². The van der Waals surface area contributed by atoms with Gasteiger partial charge in [0.1, 0.15) is 0 Å². The Hall–Kier alpha value is -2.01. The number of nitrogens with one attached hydrogen (secondary N) is 3. The third-order valence-corrected chi connectivity index (χ3v) is 4.74. The van der Waals surface area contributed by atoms with Crippen LogP contribution in [-0.2, 0) is 11.2 Å². The Morgan fingerprint density at radius 2 is 2.17 bits per heavy atom. The van der Waals surface area contributed by atoms with Crippen molar-refractivity contribution in [2.45, 2.75) is 44.8 Å². The number of amides is 2. The van der Waals surface area contributed by atoms with E-state index in [1.54, 1.807) is 7.11 Å². The predicted molar refractivity (Wildman–Crippen MR) is 91.7 cm³/mol. The van der Waals surface area contributed by atoms with Crippen LogP contribution in [0.5, 0.6) is 0 Å². The van der Waals surface area contributed by atoms with Crippen molar-refractivity contribution < 1.29 is 9.53 Å². The minimum Gasteiger partial charge on any atom is -0.381 e. The van der Waals surface area contributed by atoms with Crippen molar-refractivity contribution in [3.8, 4) is 0 Å². The first kappa shape index (κ1) is 15.9. The van der Waals surface area contributed by atoms with Crippen molar-refractivity contribution in [1.82, 2.24) is 15.6 Å². The van der Waals surface area contributed by atoms with Crippen molar-refractivity contribution in [3.63, 3.8) is 0 Å². The van der Waals surface area contributed by atoms with Gasteiger partial charge in [0.15, 0.2) is 0 Å². The molecule has 23 heavy (non-hydrogen) atoms. The number of hydrogen-bond acceptors (Lipinski definition) is 2. The van der Waals surface area contributed by atoms with Gasteiger partial charge in [-0.2, -0.15) is 0 Å². The van der Waals surface area contributed by atoms with Gasteiger partial charge in [0.05, 0.1) is 6.10 Å². The summed E-state index contributed by atoms with van der Waals surface area (Å²) in [6, 6.07) is 8.43. The van der Waals surface area contributed by atoms with E-state index in [4.69, 9.17) is 4.74 Å². The highest BCUT2D eigenvalue weighted by atomic mass is 16.5. The van der Waals surface area contributed by atoms with Crippen molar-refractivity contribution in [3.05, 3.63) is 35.5 Å². The number of methoxy groups -OCH3 is 1. The molecular formula is C18H25N3O2. The van der Waals surface area contributed by atoms with E-state index < -0.39 is 0 Å². The van der Waals surface area contributed by atoms with E-state index in [0.717, 1.165) is 31.2 Å². The summed E-state index contributed by atoms with van der Waals surface area (Å²) in [7, 11) is 1.73. The molecule has 5 heteroatoms. The molecule has 1 heterocycles. The van der Waals surface area contributed by atoms with E-state index in [2.05, 4.69) is 34.7 Å². The molecule has 0 spiro atoms. The summed E-state index contributed by atoms with van der Waals surface area (Å²) in [6.07, 6.45) is 4.04. The Morgan fingerprint density at radius 1 is 1.35 bits per heavy atom. The zero-order valence-corrected chi connectivity index (χ0v) is 13.8. The van der Waals surface area contributed by atoms with Crippen LogP contribution in [0.3, 0.4) is 0 Å². The fourth-order valence-corrected chi connectivity index (χ4v) is 3.48. The Kier molecular flexibility index (Phi) is 4.86. The van der Waals surface area contributed by atoms with Gasteiger partial charge < -0.3 is 20.4 Å². The molecular weight excluding hydrogens is 290 g/mol. The second-order valence-electron chi connectivity index (χ2n) is 6.29. The number of benzene rings is 1. The summed E-state index contributed by atoms with van der Waals surface area (Å²) in [4.78, 5) is 15.4.